The van der Waals surface area contributed by atoms with Crippen molar-refractivity contribution < 1.29 is 9.59 Å². The fourth-order valence-corrected chi connectivity index (χ4v) is 4.72. The Morgan fingerprint density at radius 3 is 2.81 bits per heavy atom. The van der Waals surface area contributed by atoms with Gasteiger partial charge in [0.1, 0.15) is 0 Å². The van der Waals surface area contributed by atoms with Gasteiger partial charge >= 0.3 is 0 Å². The van der Waals surface area contributed by atoms with Crippen molar-refractivity contribution in [3.8, 4) is 0 Å². The molecule has 2 amide bonds. The maximum atomic E-state index is 11.7. The van der Waals surface area contributed by atoms with Gasteiger partial charge in [0, 0.05) is 25.8 Å². The van der Waals surface area contributed by atoms with E-state index >= 15 is 0 Å². The lowest BCUT2D eigenvalue weighted by atomic mass is 9.96. The van der Waals surface area contributed by atoms with Gasteiger partial charge in [-0.1, -0.05) is 6.42 Å². The first-order chi connectivity index (χ1) is 13.2. The van der Waals surface area contributed by atoms with Crippen LogP contribution in [0, 0.1) is 5.92 Å². The summed E-state index contributed by atoms with van der Waals surface area (Å²) in [7, 11) is 0. The minimum atomic E-state index is -0.357. The van der Waals surface area contributed by atoms with Gasteiger partial charge in [0.15, 0.2) is 0 Å². The molecular formula is C19H25N5O2S. The van der Waals surface area contributed by atoms with Crippen LogP contribution < -0.4 is 10.2 Å². The lowest BCUT2D eigenvalue weighted by Crippen LogP contribution is -2.43. The SMILES string of the molecule is O=C1NC(=O)/C(=C/c2ccnc(N3CCCC(CN4CCCCC4)C3)n2)S1. The van der Waals surface area contributed by atoms with Gasteiger partial charge in [-0.15, -0.1) is 0 Å². The van der Waals surface area contributed by atoms with Crippen LogP contribution in [0.5, 0.6) is 0 Å². The minimum Gasteiger partial charge on any atom is -0.340 e. The molecule has 0 aliphatic carbocycles. The van der Waals surface area contributed by atoms with Gasteiger partial charge in [0.25, 0.3) is 11.1 Å². The molecule has 3 saturated heterocycles. The van der Waals surface area contributed by atoms with Crippen molar-refractivity contribution in [2.24, 2.45) is 5.92 Å². The molecule has 0 saturated carbocycles. The summed E-state index contributed by atoms with van der Waals surface area (Å²) in [6.45, 7) is 5.57. The van der Waals surface area contributed by atoms with Crippen molar-refractivity contribution in [2.75, 3.05) is 37.6 Å². The van der Waals surface area contributed by atoms with Gasteiger partial charge in [-0.3, -0.25) is 14.9 Å². The van der Waals surface area contributed by atoms with E-state index in [1.165, 1.54) is 45.3 Å². The van der Waals surface area contributed by atoms with E-state index in [0.29, 0.717) is 22.5 Å². The maximum absolute atomic E-state index is 11.7. The third kappa shape index (κ3) is 4.68. The Balaban J connectivity index is 1.42. The molecule has 8 heteroatoms. The largest absolute Gasteiger partial charge is 0.340 e. The number of nitrogens with zero attached hydrogens (tertiary/aromatic N) is 4. The zero-order valence-electron chi connectivity index (χ0n) is 15.4. The first-order valence-corrected chi connectivity index (χ1v) is 10.5. The Kier molecular flexibility index (Phi) is 5.73. The lowest BCUT2D eigenvalue weighted by molar-refractivity contribution is -0.115. The number of aromatic nitrogens is 2. The number of rotatable bonds is 4. The van der Waals surface area contributed by atoms with Crippen LogP contribution in [0.1, 0.15) is 37.8 Å². The highest BCUT2D eigenvalue weighted by atomic mass is 32.2. The average molecular weight is 388 g/mol. The van der Waals surface area contributed by atoms with Crippen molar-refractivity contribution in [3.05, 3.63) is 22.9 Å². The van der Waals surface area contributed by atoms with Crippen LogP contribution in [0.4, 0.5) is 10.7 Å². The highest BCUT2D eigenvalue weighted by Gasteiger charge is 2.26. The van der Waals surface area contributed by atoms with Gasteiger partial charge in [-0.2, -0.15) is 0 Å². The second-order valence-electron chi connectivity index (χ2n) is 7.45. The number of carbonyl (C=O) groups is 2. The molecule has 1 atom stereocenters. The molecule has 0 aromatic carbocycles. The third-order valence-electron chi connectivity index (χ3n) is 5.35. The van der Waals surface area contributed by atoms with E-state index in [4.69, 9.17) is 0 Å². The Morgan fingerprint density at radius 2 is 2.04 bits per heavy atom. The summed E-state index contributed by atoms with van der Waals surface area (Å²) in [6, 6.07) is 1.77. The summed E-state index contributed by atoms with van der Waals surface area (Å²) in [5.74, 6) is 1.00. The van der Waals surface area contributed by atoms with Crippen molar-refractivity contribution in [2.45, 2.75) is 32.1 Å². The number of piperidine rings is 2. The summed E-state index contributed by atoms with van der Waals surface area (Å²) in [6.07, 6.45) is 9.81. The quantitative estimate of drug-likeness (QED) is 0.795. The lowest BCUT2D eigenvalue weighted by Gasteiger charge is -2.36. The van der Waals surface area contributed by atoms with Crippen LogP contribution in [0.3, 0.4) is 0 Å². The van der Waals surface area contributed by atoms with Crippen molar-refractivity contribution in [1.29, 1.82) is 0 Å². The van der Waals surface area contributed by atoms with Crippen LogP contribution in [0.25, 0.3) is 6.08 Å². The standard InChI is InChI=1S/C19H25N5O2S/c25-17-16(27-19(26)22-17)11-15-6-7-20-18(21-15)24-10-4-5-14(13-24)12-23-8-2-1-3-9-23/h6-7,11,14H,1-5,8-10,12-13H2,(H,22,25,26)/b16-11-. The number of imide groups is 1. The summed E-state index contributed by atoms with van der Waals surface area (Å²) in [4.78, 5) is 37.4. The van der Waals surface area contributed by atoms with E-state index < -0.39 is 0 Å². The predicted molar refractivity (Wildman–Crippen MR) is 106 cm³/mol. The Bertz CT molecular complexity index is 747. The van der Waals surface area contributed by atoms with Gasteiger partial charge in [-0.25, -0.2) is 9.97 Å². The predicted octanol–water partition coefficient (Wildman–Crippen LogP) is 2.50. The van der Waals surface area contributed by atoms with Crippen LogP contribution in [-0.4, -0.2) is 58.7 Å². The number of hydrogen-bond acceptors (Lipinski definition) is 7. The van der Waals surface area contributed by atoms with E-state index in [9.17, 15) is 9.59 Å². The van der Waals surface area contributed by atoms with Crippen molar-refractivity contribution >= 4 is 34.9 Å². The molecule has 0 bridgehead atoms. The summed E-state index contributed by atoms with van der Waals surface area (Å²) < 4.78 is 0. The first-order valence-electron chi connectivity index (χ1n) is 9.72. The van der Waals surface area contributed by atoms with E-state index in [0.717, 1.165) is 31.3 Å². The Hall–Kier alpha value is -1.93. The van der Waals surface area contributed by atoms with E-state index in [2.05, 4.69) is 25.1 Å². The molecule has 144 valence electrons. The number of likely N-dealkylation sites (tertiary alicyclic amines) is 1. The van der Waals surface area contributed by atoms with Crippen molar-refractivity contribution in [3.63, 3.8) is 0 Å². The molecule has 4 heterocycles. The molecule has 27 heavy (non-hydrogen) atoms. The average Bonchev–Trinajstić information content (AvgIpc) is 3.00. The smallest absolute Gasteiger partial charge is 0.290 e. The Morgan fingerprint density at radius 1 is 1.19 bits per heavy atom. The number of thioether (sulfide) groups is 1. The monoisotopic (exact) mass is 387 g/mol. The molecule has 1 N–H and O–H groups in total. The molecule has 1 aromatic heterocycles. The highest BCUT2D eigenvalue weighted by Crippen LogP contribution is 2.26. The fourth-order valence-electron chi connectivity index (χ4n) is 4.05. The van der Waals surface area contributed by atoms with Crippen molar-refractivity contribution in [1.82, 2.24) is 20.2 Å². The third-order valence-corrected chi connectivity index (χ3v) is 6.16. The summed E-state index contributed by atoms with van der Waals surface area (Å²) >= 11 is 0.912. The first kappa shape index (κ1) is 18.4. The molecule has 7 nitrogen and oxygen atoms in total. The molecule has 0 spiro atoms. The molecule has 1 aromatic rings. The van der Waals surface area contributed by atoms with Crippen LogP contribution >= 0.6 is 11.8 Å². The topological polar surface area (TPSA) is 78.4 Å². The number of anilines is 1. The molecule has 1 unspecified atom stereocenters. The van der Waals surface area contributed by atoms with Gasteiger partial charge in [0.05, 0.1) is 10.6 Å². The molecular weight excluding hydrogens is 362 g/mol. The second-order valence-corrected chi connectivity index (χ2v) is 8.46. The normalized spacial score (nSPS) is 25.9. The zero-order valence-corrected chi connectivity index (χ0v) is 16.2. The number of nitrogens with one attached hydrogen (secondary N) is 1. The van der Waals surface area contributed by atoms with Crippen LogP contribution in [0.15, 0.2) is 17.2 Å². The van der Waals surface area contributed by atoms with E-state index in [-0.39, 0.29) is 11.1 Å². The summed E-state index contributed by atoms with van der Waals surface area (Å²) in [5, 5.41) is 1.93. The summed E-state index contributed by atoms with van der Waals surface area (Å²) in [5.41, 5.74) is 0.658. The molecule has 3 aliphatic heterocycles. The second kappa shape index (κ2) is 8.39. The Labute approximate surface area is 163 Å². The van der Waals surface area contributed by atoms with Gasteiger partial charge in [0.2, 0.25) is 5.95 Å². The van der Waals surface area contributed by atoms with Gasteiger partial charge in [-0.05, 0) is 68.6 Å². The zero-order chi connectivity index (χ0) is 18.6. The van der Waals surface area contributed by atoms with Crippen LogP contribution in [0.2, 0.25) is 0 Å². The maximum Gasteiger partial charge on any atom is 0.290 e. The van der Waals surface area contributed by atoms with Crippen LogP contribution in [-0.2, 0) is 4.79 Å². The fraction of sp³-hybridized carbons (Fsp3) is 0.579. The number of hydrogen-bond donors (Lipinski definition) is 1. The van der Waals surface area contributed by atoms with E-state index in [1.807, 2.05) is 0 Å². The van der Waals surface area contributed by atoms with Gasteiger partial charge < -0.3 is 9.80 Å². The molecule has 4 rings (SSSR count). The molecule has 0 radical (unpaired) electrons. The minimum absolute atomic E-state index is 0.336. The highest BCUT2D eigenvalue weighted by molar-refractivity contribution is 8.18. The number of amides is 2. The van der Waals surface area contributed by atoms with E-state index in [1.54, 1.807) is 18.3 Å². The molecule has 3 fully saturated rings. The molecule has 3 aliphatic rings. The number of carbonyl (C=O) groups excluding carboxylic acids is 2.